The quantitative estimate of drug-likeness (QED) is 0.937. The van der Waals surface area contributed by atoms with E-state index in [1.54, 1.807) is 18.6 Å². The smallest absolute Gasteiger partial charge is 0.159 e. The van der Waals surface area contributed by atoms with Crippen LogP contribution in [0.4, 0.5) is 8.78 Å². The molecule has 2 heterocycles. The van der Waals surface area contributed by atoms with Crippen LogP contribution in [-0.2, 0) is 6.54 Å². The minimum Gasteiger partial charge on any atom is -0.392 e. The third-order valence-electron chi connectivity index (χ3n) is 3.91. The summed E-state index contributed by atoms with van der Waals surface area (Å²) in [5.41, 5.74) is 0.705. The monoisotopic (exact) mass is 293 g/mol. The Morgan fingerprint density at radius 1 is 1.24 bits per heavy atom. The number of nitrogens with zero attached hydrogens (tertiary/aromatic N) is 3. The minimum absolute atomic E-state index is 0.0846. The van der Waals surface area contributed by atoms with Gasteiger partial charge in [0, 0.05) is 38.1 Å². The number of β-amino-alcohol motifs (C(OH)–C–C–N with tert-alkyl or cyclic N) is 1. The molecule has 1 aliphatic heterocycles. The van der Waals surface area contributed by atoms with Gasteiger partial charge in [-0.15, -0.1) is 0 Å². The minimum atomic E-state index is -0.845. The second-order valence-electron chi connectivity index (χ2n) is 5.37. The van der Waals surface area contributed by atoms with Crippen molar-refractivity contribution < 1.29 is 13.9 Å². The van der Waals surface area contributed by atoms with Crippen molar-refractivity contribution in [3.05, 3.63) is 54.1 Å². The maximum atomic E-state index is 13.4. The average Bonchev–Trinajstić information content (AvgIpc) is 3.09. The average molecular weight is 293 g/mol. The third kappa shape index (κ3) is 3.11. The number of benzene rings is 1. The van der Waals surface area contributed by atoms with Gasteiger partial charge in [0.25, 0.3) is 0 Å². The highest BCUT2D eigenvalue weighted by molar-refractivity contribution is 5.22. The van der Waals surface area contributed by atoms with Crippen molar-refractivity contribution in [1.82, 2.24) is 14.5 Å². The van der Waals surface area contributed by atoms with Crippen molar-refractivity contribution >= 4 is 0 Å². The molecular formula is C15H17F2N3O. The Hall–Kier alpha value is -1.79. The first-order chi connectivity index (χ1) is 10.1. The summed E-state index contributed by atoms with van der Waals surface area (Å²) in [4.78, 5) is 6.08. The summed E-state index contributed by atoms with van der Waals surface area (Å²) in [6.45, 7) is 2.00. The van der Waals surface area contributed by atoms with E-state index in [0.29, 0.717) is 18.5 Å². The van der Waals surface area contributed by atoms with E-state index in [4.69, 9.17) is 0 Å². The summed E-state index contributed by atoms with van der Waals surface area (Å²) >= 11 is 0. The molecule has 2 atom stereocenters. The van der Waals surface area contributed by atoms with Crippen LogP contribution in [0.25, 0.3) is 0 Å². The van der Waals surface area contributed by atoms with Gasteiger partial charge in [-0.3, -0.25) is 4.90 Å². The topological polar surface area (TPSA) is 41.3 Å². The fourth-order valence-electron chi connectivity index (χ4n) is 2.86. The number of halogens is 2. The van der Waals surface area contributed by atoms with Gasteiger partial charge in [0.15, 0.2) is 11.6 Å². The first kappa shape index (κ1) is 14.2. The molecule has 0 radical (unpaired) electrons. The number of aromatic nitrogens is 2. The van der Waals surface area contributed by atoms with E-state index in [9.17, 15) is 13.9 Å². The summed E-state index contributed by atoms with van der Waals surface area (Å²) in [5, 5.41) is 9.88. The first-order valence-electron chi connectivity index (χ1n) is 6.96. The van der Waals surface area contributed by atoms with Crippen LogP contribution in [0.5, 0.6) is 0 Å². The highest BCUT2D eigenvalue weighted by Gasteiger charge is 2.32. The summed E-state index contributed by atoms with van der Waals surface area (Å²) in [5.74, 6) is -1.69. The zero-order chi connectivity index (χ0) is 14.8. The first-order valence-corrected chi connectivity index (χ1v) is 6.96. The van der Waals surface area contributed by atoms with Gasteiger partial charge in [-0.05, 0) is 24.1 Å². The van der Waals surface area contributed by atoms with Crippen LogP contribution < -0.4 is 0 Å². The Bertz CT molecular complexity index is 603. The van der Waals surface area contributed by atoms with Crippen molar-refractivity contribution in [2.75, 3.05) is 13.1 Å². The van der Waals surface area contributed by atoms with E-state index in [1.165, 1.54) is 6.07 Å². The van der Waals surface area contributed by atoms with Crippen LogP contribution in [0.1, 0.15) is 18.0 Å². The molecule has 0 bridgehead atoms. The van der Waals surface area contributed by atoms with Crippen LogP contribution in [0.2, 0.25) is 0 Å². The van der Waals surface area contributed by atoms with Gasteiger partial charge in [-0.1, -0.05) is 6.07 Å². The van der Waals surface area contributed by atoms with Gasteiger partial charge < -0.3 is 9.67 Å². The molecule has 1 saturated heterocycles. The number of aliphatic hydroxyl groups excluding tert-OH is 1. The molecule has 21 heavy (non-hydrogen) atoms. The summed E-state index contributed by atoms with van der Waals surface area (Å²) in [7, 11) is 0. The number of likely N-dealkylation sites (tertiary alicyclic amines) is 1. The molecule has 6 heteroatoms. The Morgan fingerprint density at radius 2 is 2.10 bits per heavy atom. The Kier molecular flexibility index (Phi) is 3.98. The standard InChI is InChI=1S/C15H17F2N3O/c16-13-2-1-11(7-14(13)17)15-8-12(21)9-20(15)6-5-19-4-3-18-10-19/h1-4,7,10,12,15,21H,5-6,8-9H2/t12-,15+/m1/s1. The number of aliphatic hydroxyl groups is 1. The highest BCUT2D eigenvalue weighted by Crippen LogP contribution is 2.32. The zero-order valence-electron chi connectivity index (χ0n) is 11.5. The van der Waals surface area contributed by atoms with Crippen LogP contribution in [-0.4, -0.2) is 38.8 Å². The number of imidazole rings is 1. The molecule has 0 saturated carbocycles. The van der Waals surface area contributed by atoms with Crippen LogP contribution in [0, 0.1) is 11.6 Å². The SMILES string of the molecule is O[C@@H]1C[C@@H](c2ccc(F)c(F)c2)N(CCn2ccnc2)C1. The number of hydrogen-bond donors (Lipinski definition) is 1. The largest absolute Gasteiger partial charge is 0.392 e. The van der Waals surface area contributed by atoms with Crippen molar-refractivity contribution in [1.29, 1.82) is 0 Å². The second-order valence-corrected chi connectivity index (χ2v) is 5.37. The van der Waals surface area contributed by atoms with Crippen molar-refractivity contribution in [3.8, 4) is 0 Å². The molecule has 3 rings (SSSR count). The van der Waals surface area contributed by atoms with Gasteiger partial charge in [0.2, 0.25) is 0 Å². The fraction of sp³-hybridized carbons (Fsp3) is 0.400. The molecule has 0 aliphatic carbocycles. The van der Waals surface area contributed by atoms with Crippen LogP contribution in [0.3, 0.4) is 0 Å². The predicted molar refractivity (Wildman–Crippen MR) is 73.5 cm³/mol. The molecule has 0 amide bonds. The molecule has 1 aromatic heterocycles. The highest BCUT2D eigenvalue weighted by atomic mass is 19.2. The van der Waals surface area contributed by atoms with Gasteiger partial charge in [0.05, 0.1) is 12.4 Å². The zero-order valence-corrected chi connectivity index (χ0v) is 11.5. The van der Waals surface area contributed by atoms with E-state index in [-0.39, 0.29) is 6.04 Å². The lowest BCUT2D eigenvalue weighted by Gasteiger charge is -2.24. The normalized spacial score (nSPS) is 22.8. The summed E-state index contributed by atoms with van der Waals surface area (Å²) in [6, 6.07) is 3.87. The number of rotatable bonds is 4. The third-order valence-corrected chi connectivity index (χ3v) is 3.91. The molecule has 1 aliphatic rings. The van der Waals surface area contributed by atoms with Crippen molar-refractivity contribution in [2.45, 2.75) is 25.1 Å². The summed E-state index contributed by atoms with van der Waals surface area (Å²) < 4.78 is 28.4. The maximum absolute atomic E-state index is 13.4. The van der Waals surface area contributed by atoms with E-state index in [2.05, 4.69) is 9.88 Å². The second kappa shape index (κ2) is 5.91. The van der Waals surface area contributed by atoms with Crippen LogP contribution in [0.15, 0.2) is 36.9 Å². The lowest BCUT2D eigenvalue weighted by atomic mass is 10.0. The van der Waals surface area contributed by atoms with Gasteiger partial charge in [0.1, 0.15) is 0 Å². The molecule has 2 aromatic rings. The van der Waals surface area contributed by atoms with Crippen molar-refractivity contribution in [3.63, 3.8) is 0 Å². The molecule has 1 aromatic carbocycles. The maximum Gasteiger partial charge on any atom is 0.159 e. The molecule has 1 N–H and O–H groups in total. The van der Waals surface area contributed by atoms with E-state index < -0.39 is 17.7 Å². The van der Waals surface area contributed by atoms with E-state index in [1.807, 2.05) is 10.8 Å². The van der Waals surface area contributed by atoms with E-state index >= 15 is 0 Å². The van der Waals surface area contributed by atoms with E-state index in [0.717, 1.165) is 19.2 Å². The molecule has 4 nitrogen and oxygen atoms in total. The lowest BCUT2D eigenvalue weighted by Crippen LogP contribution is -2.28. The Balaban J connectivity index is 1.73. The molecule has 0 spiro atoms. The molecule has 0 unspecified atom stereocenters. The molecule has 112 valence electrons. The summed E-state index contributed by atoms with van der Waals surface area (Å²) in [6.07, 6.45) is 5.42. The number of hydrogen-bond acceptors (Lipinski definition) is 3. The Morgan fingerprint density at radius 3 is 2.81 bits per heavy atom. The molecular weight excluding hydrogens is 276 g/mol. The van der Waals surface area contributed by atoms with Crippen molar-refractivity contribution in [2.24, 2.45) is 0 Å². The van der Waals surface area contributed by atoms with Gasteiger partial charge in [-0.2, -0.15) is 0 Å². The lowest BCUT2D eigenvalue weighted by molar-refractivity contribution is 0.173. The predicted octanol–water partition coefficient (Wildman–Crippen LogP) is 1.97. The van der Waals surface area contributed by atoms with Gasteiger partial charge in [-0.25, -0.2) is 13.8 Å². The fourth-order valence-corrected chi connectivity index (χ4v) is 2.86. The molecule has 1 fully saturated rings. The van der Waals surface area contributed by atoms with Gasteiger partial charge >= 0.3 is 0 Å². The Labute approximate surface area is 121 Å². The van der Waals surface area contributed by atoms with Crippen LogP contribution >= 0.6 is 0 Å².